The Kier molecular flexibility index (Phi) is 3.92. The molecular formula is C18H15NO2. The van der Waals surface area contributed by atoms with Crippen LogP contribution in [0.25, 0.3) is 6.08 Å². The third-order valence-electron chi connectivity index (χ3n) is 3.40. The summed E-state index contributed by atoms with van der Waals surface area (Å²) >= 11 is 0. The number of rotatable bonds is 4. The number of benzene rings is 2. The molecule has 1 aliphatic rings. The van der Waals surface area contributed by atoms with Gasteiger partial charge in [-0.3, -0.25) is 0 Å². The summed E-state index contributed by atoms with van der Waals surface area (Å²) in [6, 6.07) is 19.7. The minimum Gasteiger partial charge on any atom is -0.317 e. The standard InChI is InChI=1S/C18H15NO2/c20-18-16(13-7-10-14-8-3-1-4-9-14)17(19-21-18)15-11-5-2-6-12-15/h1-12,16H,13H2. The van der Waals surface area contributed by atoms with Crippen LogP contribution in [0, 0.1) is 5.92 Å². The topological polar surface area (TPSA) is 38.7 Å². The zero-order valence-corrected chi connectivity index (χ0v) is 11.5. The molecule has 1 aliphatic heterocycles. The number of hydrogen-bond donors (Lipinski definition) is 0. The molecule has 0 N–H and O–H groups in total. The van der Waals surface area contributed by atoms with E-state index in [2.05, 4.69) is 5.16 Å². The van der Waals surface area contributed by atoms with E-state index in [4.69, 9.17) is 4.84 Å². The van der Waals surface area contributed by atoms with Crippen LogP contribution in [-0.2, 0) is 9.63 Å². The molecule has 2 aromatic rings. The summed E-state index contributed by atoms with van der Waals surface area (Å²) in [5.41, 5.74) is 2.75. The Hall–Kier alpha value is -2.68. The summed E-state index contributed by atoms with van der Waals surface area (Å²) in [6.45, 7) is 0. The predicted molar refractivity (Wildman–Crippen MR) is 82.7 cm³/mol. The van der Waals surface area contributed by atoms with Crippen LogP contribution in [0.2, 0.25) is 0 Å². The first-order valence-electron chi connectivity index (χ1n) is 6.90. The van der Waals surface area contributed by atoms with E-state index < -0.39 is 0 Å². The maximum atomic E-state index is 11.8. The van der Waals surface area contributed by atoms with Gasteiger partial charge in [0, 0.05) is 5.56 Å². The average molecular weight is 277 g/mol. The van der Waals surface area contributed by atoms with E-state index in [-0.39, 0.29) is 11.9 Å². The third-order valence-corrected chi connectivity index (χ3v) is 3.40. The molecule has 0 bridgehead atoms. The minimum atomic E-state index is -0.327. The Balaban J connectivity index is 1.73. The van der Waals surface area contributed by atoms with Crippen LogP contribution in [0.4, 0.5) is 0 Å². The SMILES string of the molecule is O=C1ON=C(c2ccccc2)C1CC=Cc1ccccc1. The smallest absolute Gasteiger partial charge is 0.317 e. The summed E-state index contributed by atoms with van der Waals surface area (Å²) in [4.78, 5) is 16.7. The second-order valence-corrected chi connectivity index (χ2v) is 4.85. The summed E-state index contributed by atoms with van der Waals surface area (Å²) in [5.74, 6) is -0.612. The van der Waals surface area contributed by atoms with Crippen molar-refractivity contribution in [3.63, 3.8) is 0 Å². The zero-order chi connectivity index (χ0) is 14.5. The Morgan fingerprint density at radius 1 is 1.00 bits per heavy atom. The second kappa shape index (κ2) is 6.18. The molecule has 0 radical (unpaired) electrons. The van der Waals surface area contributed by atoms with Crippen molar-refractivity contribution in [2.24, 2.45) is 11.1 Å². The quantitative estimate of drug-likeness (QED) is 0.800. The van der Waals surface area contributed by atoms with Gasteiger partial charge in [-0.15, -0.1) is 0 Å². The molecule has 3 heteroatoms. The summed E-state index contributed by atoms with van der Waals surface area (Å²) in [5, 5.41) is 3.93. The molecule has 2 aromatic carbocycles. The Labute approximate surface area is 123 Å². The van der Waals surface area contributed by atoms with Crippen molar-refractivity contribution >= 4 is 17.8 Å². The largest absolute Gasteiger partial charge is 0.344 e. The number of oxime groups is 1. The van der Waals surface area contributed by atoms with Gasteiger partial charge in [-0.2, -0.15) is 0 Å². The zero-order valence-electron chi connectivity index (χ0n) is 11.5. The lowest BCUT2D eigenvalue weighted by Gasteiger charge is -2.06. The molecule has 21 heavy (non-hydrogen) atoms. The molecule has 1 atom stereocenters. The molecular weight excluding hydrogens is 262 g/mol. The number of hydrogen-bond acceptors (Lipinski definition) is 3. The molecule has 1 heterocycles. The second-order valence-electron chi connectivity index (χ2n) is 4.85. The highest BCUT2D eigenvalue weighted by molar-refractivity contribution is 6.14. The van der Waals surface area contributed by atoms with Crippen LogP contribution < -0.4 is 0 Å². The maximum absolute atomic E-state index is 11.8. The van der Waals surface area contributed by atoms with Gasteiger partial charge in [0.2, 0.25) is 0 Å². The number of nitrogens with zero attached hydrogens (tertiary/aromatic N) is 1. The van der Waals surface area contributed by atoms with Crippen molar-refractivity contribution in [1.82, 2.24) is 0 Å². The summed E-state index contributed by atoms with van der Waals surface area (Å²) < 4.78 is 0. The van der Waals surface area contributed by atoms with Crippen molar-refractivity contribution in [2.75, 3.05) is 0 Å². The van der Waals surface area contributed by atoms with Crippen LogP contribution in [0.15, 0.2) is 71.9 Å². The van der Waals surface area contributed by atoms with Crippen LogP contribution in [0.5, 0.6) is 0 Å². The van der Waals surface area contributed by atoms with E-state index in [1.54, 1.807) is 0 Å². The van der Waals surface area contributed by atoms with Crippen LogP contribution in [-0.4, -0.2) is 11.7 Å². The van der Waals surface area contributed by atoms with Gasteiger partial charge in [0.15, 0.2) is 0 Å². The predicted octanol–water partition coefficient (Wildman–Crippen LogP) is 3.67. The Morgan fingerprint density at radius 2 is 1.67 bits per heavy atom. The fraction of sp³-hybridized carbons (Fsp3) is 0.111. The normalized spacial score (nSPS) is 17.8. The fourth-order valence-electron chi connectivity index (χ4n) is 2.31. The van der Waals surface area contributed by atoms with E-state index in [9.17, 15) is 4.79 Å². The van der Waals surface area contributed by atoms with Gasteiger partial charge in [0.25, 0.3) is 0 Å². The lowest BCUT2D eigenvalue weighted by Crippen LogP contribution is -2.18. The third kappa shape index (κ3) is 3.08. The van der Waals surface area contributed by atoms with E-state index in [1.165, 1.54) is 0 Å². The number of allylic oxidation sites excluding steroid dienone is 1. The van der Waals surface area contributed by atoms with E-state index in [1.807, 2.05) is 72.8 Å². The molecule has 0 aliphatic carbocycles. The molecule has 0 fully saturated rings. The highest BCUT2D eigenvalue weighted by Crippen LogP contribution is 2.22. The van der Waals surface area contributed by atoms with Gasteiger partial charge in [0.1, 0.15) is 11.6 Å². The molecule has 3 rings (SSSR count). The first-order chi connectivity index (χ1) is 10.3. The van der Waals surface area contributed by atoms with Crippen LogP contribution in [0.3, 0.4) is 0 Å². The van der Waals surface area contributed by atoms with Crippen molar-refractivity contribution < 1.29 is 9.63 Å². The lowest BCUT2D eigenvalue weighted by atomic mass is 9.94. The van der Waals surface area contributed by atoms with E-state index >= 15 is 0 Å². The van der Waals surface area contributed by atoms with Crippen LogP contribution >= 0.6 is 0 Å². The molecule has 0 amide bonds. The highest BCUT2D eigenvalue weighted by Gasteiger charge is 2.32. The first-order valence-corrected chi connectivity index (χ1v) is 6.90. The van der Waals surface area contributed by atoms with Crippen molar-refractivity contribution in [1.29, 1.82) is 0 Å². The van der Waals surface area contributed by atoms with Crippen LogP contribution in [0.1, 0.15) is 17.5 Å². The summed E-state index contributed by atoms with van der Waals surface area (Å²) in [7, 11) is 0. The Morgan fingerprint density at radius 3 is 2.38 bits per heavy atom. The molecule has 0 spiro atoms. The van der Waals surface area contributed by atoms with Crippen molar-refractivity contribution in [3.05, 3.63) is 77.9 Å². The molecule has 1 unspecified atom stereocenters. The van der Waals surface area contributed by atoms with E-state index in [0.29, 0.717) is 12.1 Å². The van der Waals surface area contributed by atoms with Gasteiger partial charge in [0.05, 0.1) is 0 Å². The van der Waals surface area contributed by atoms with Gasteiger partial charge < -0.3 is 4.84 Å². The maximum Gasteiger partial charge on any atom is 0.344 e. The molecule has 0 saturated carbocycles. The molecule has 0 saturated heterocycles. The summed E-state index contributed by atoms with van der Waals surface area (Å²) in [6.07, 6.45) is 4.58. The molecule has 0 aromatic heterocycles. The lowest BCUT2D eigenvalue weighted by molar-refractivity contribution is -0.143. The van der Waals surface area contributed by atoms with Crippen molar-refractivity contribution in [3.8, 4) is 0 Å². The highest BCUT2D eigenvalue weighted by atomic mass is 16.7. The van der Waals surface area contributed by atoms with E-state index in [0.717, 1.165) is 11.1 Å². The first kappa shape index (κ1) is 13.3. The van der Waals surface area contributed by atoms with Gasteiger partial charge >= 0.3 is 5.97 Å². The molecule has 3 nitrogen and oxygen atoms in total. The average Bonchev–Trinajstić information content (AvgIpc) is 2.91. The number of carbonyl (C=O) groups is 1. The van der Waals surface area contributed by atoms with Gasteiger partial charge in [-0.25, -0.2) is 4.79 Å². The van der Waals surface area contributed by atoms with Gasteiger partial charge in [-0.05, 0) is 12.0 Å². The monoisotopic (exact) mass is 277 g/mol. The van der Waals surface area contributed by atoms with Crippen molar-refractivity contribution in [2.45, 2.75) is 6.42 Å². The fourth-order valence-corrected chi connectivity index (χ4v) is 2.31. The minimum absolute atomic E-state index is 0.286. The molecule has 104 valence electrons. The number of carbonyl (C=O) groups excluding carboxylic acids is 1. The Bertz CT molecular complexity index is 675. The van der Waals surface area contributed by atoms with Gasteiger partial charge in [-0.1, -0.05) is 78.0 Å².